The van der Waals surface area contributed by atoms with Gasteiger partial charge in [0.25, 0.3) is 5.91 Å². The van der Waals surface area contributed by atoms with Gasteiger partial charge in [-0.25, -0.2) is 8.42 Å². The molecule has 0 bridgehead atoms. The van der Waals surface area contributed by atoms with Crippen molar-refractivity contribution in [2.45, 2.75) is 50.1 Å². The summed E-state index contributed by atoms with van der Waals surface area (Å²) in [7, 11) is -3.72. The van der Waals surface area contributed by atoms with Gasteiger partial charge >= 0.3 is 6.18 Å². The van der Waals surface area contributed by atoms with E-state index in [0.717, 1.165) is 19.3 Å². The van der Waals surface area contributed by atoms with Gasteiger partial charge in [0.15, 0.2) is 0 Å². The Balaban J connectivity index is 1.86. The molecule has 2 fully saturated rings. The maximum Gasteiger partial charge on any atom is 0.393 e. The molecule has 1 aromatic rings. The monoisotopic (exact) mass is 418 g/mol. The van der Waals surface area contributed by atoms with E-state index in [9.17, 15) is 26.4 Å². The molecule has 1 unspecified atom stereocenters. The Kier molecular flexibility index (Phi) is 6.05. The van der Waals surface area contributed by atoms with Crippen LogP contribution in [0.25, 0.3) is 0 Å². The molecule has 0 radical (unpaired) electrons. The minimum atomic E-state index is -4.34. The van der Waals surface area contributed by atoms with E-state index in [-0.39, 0.29) is 36.4 Å². The molecule has 2 saturated heterocycles. The Labute approximate surface area is 163 Å². The summed E-state index contributed by atoms with van der Waals surface area (Å²) >= 11 is 0. The Bertz CT molecular complexity index is 833. The molecule has 9 heteroatoms. The van der Waals surface area contributed by atoms with E-state index in [1.54, 1.807) is 13.0 Å². The van der Waals surface area contributed by atoms with Crippen LogP contribution in [0, 0.1) is 12.8 Å². The highest BCUT2D eigenvalue weighted by atomic mass is 32.2. The van der Waals surface area contributed by atoms with Crippen molar-refractivity contribution in [3.63, 3.8) is 0 Å². The molecule has 156 valence electrons. The first-order valence-electron chi connectivity index (χ1n) is 9.57. The van der Waals surface area contributed by atoms with Crippen molar-refractivity contribution < 1.29 is 26.4 Å². The lowest BCUT2D eigenvalue weighted by atomic mass is 9.96. The zero-order valence-corrected chi connectivity index (χ0v) is 16.7. The molecule has 0 N–H and O–H groups in total. The fourth-order valence-electron chi connectivity index (χ4n) is 3.85. The highest BCUT2D eigenvalue weighted by Crippen LogP contribution is 2.34. The normalized spacial score (nSPS) is 22.3. The number of piperidine rings is 2. The molecule has 1 atom stereocenters. The van der Waals surface area contributed by atoms with Gasteiger partial charge in [-0.2, -0.15) is 17.5 Å². The number of benzene rings is 1. The van der Waals surface area contributed by atoms with Gasteiger partial charge in [0, 0.05) is 31.7 Å². The summed E-state index contributed by atoms with van der Waals surface area (Å²) in [4.78, 5) is 14.1. The summed E-state index contributed by atoms with van der Waals surface area (Å²) in [5.74, 6) is -2.08. The number of halogens is 3. The predicted molar refractivity (Wildman–Crippen MR) is 98.5 cm³/mol. The highest BCUT2D eigenvalue weighted by Gasteiger charge is 2.43. The minimum absolute atomic E-state index is 0.00956. The van der Waals surface area contributed by atoms with Gasteiger partial charge in [-0.1, -0.05) is 12.5 Å². The third kappa shape index (κ3) is 4.35. The Morgan fingerprint density at radius 2 is 1.75 bits per heavy atom. The van der Waals surface area contributed by atoms with Crippen LogP contribution in [-0.2, 0) is 10.0 Å². The first-order valence-corrected chi connectivity index (χ1v) is 11.0. The van der Waals surface area contributed by atoms with Crippen LogP contribution >= 0.6 is 0 Å². The van der Waals surface area contributed by atoms with Crippen molar-refractivity contribution >= 4 is 15.9 Å². The second-order valence-corrected chi connectivity index (χ2v) is 9.51. The van der Waals surface area contributed by atoms with E-state index in [2.05, 4.69) is 0 Å². The smallest absolute Gasteiger partial charge is 0.338 e. The van der Waals surface area contributed by atoms with Gasteiger partial charge in [0.05, 0.1) is 10.8 Å². The molecule has 2 aliphatic rings. The number of carbonyl (C=O) groups is 1. The number of hydrogen-bond donors (Lipinski definition) is 0. The first-order chi connectivity index (χ1) is 13.1. The molecule has 2 aliphatic heterocycles. The van der Waals surface area contributed by atoms with Gasteiger partial charge < -0.3 is 4.90 Å². The second kappa shape index (κ2) is 8.02. The molecule has 0 aliphatic carbocycles. The number of alkyl halides is 3. The van der Waals surface area contributed by atoms with Crippen LogP contribution in [0.4, 0.5) is 13.2 Å². The van der Waals surface area contributed by atoms with Crippen molar-refractivity contribution in [3.05, 3.63) is 29.3 Å². The van der Waals surface area contributed by atoms with Gasteiger partial charge in [0.2, 0.25) is 10.0 Å². The fraction of sp³-hybridized carbons (Fsp3) is 0.632. The molecule has 1 amide bonds. The predicted octanol–water partition coefficient (Wildman–Crippen LogP) is 3.58. The molecule has 0 aromatic heterocycles. The van der Waals surface area contributed by atoms with Crippen molar-refractivity contribution in [1.29, 1.82) is 0 Å². The quantitative estimate of drug-likeness (QED) is 0.754. The number of sulfonamides is 1. The molecule has 0 spiro atoms. The molecular weight excluding hydrogens is 393 g/mol. The molecule has 3 rings (SSSR count). The summed E-state index contributed by atoms with van der Waals surface area (Å²) in [6.45, 7) is 2.41. The van der Waals surface area contributed by atoms with E-state index in [1.165, 1.54) is 21.3 Å². The average molecular weight is 418 g/mol. The maximum absolute atomic E-state index is 13.1. The van der Waals surface area contributed by atoms with Crippen LogP contribution in [0.15, 0.2) is 23.1 Å². The lowest BCUT2D eigenvalue weighted by Gasteiger charge is -2.34. The summed E-state index contributed by atoms with van der Waals surface area (Å²) in [5, 5.41) is 0. The molecule has 0 saturated carbocycles. The lowest BCUT2D eigenvalue weighted by molar-refractivity contribution is -0.184. The van der Waals surface area contributed by atoms with Gasteiger partial charge in [-0.05, 0) is 50.3 Å². The fourth-order valence-corrected chi connectivity index (χ4v) is 5.39. The standard InChI is InChI=1S/C19H25F3N2O3S/c1-14-7-8-16(28(26,27)24-10-3-2-4-11-24)12-17(14)18(25)23-9-5-6-15(13-23)19(20,21)22/h7-8,12,15H,2-6,9-11,13H2,1H3. The first kappa shape index (κ1) is 21.1. The van der Waals surface area contributed by atoms with Crippen LogP contribution in [-0.4, -0.2) is 55.9 Å². The van der Waals surface area contributed by atoms with Crippen molar-refractivity contribution in [1.82, 2.24) is 9.21 Å². The van der Waals surface area contributed by atoms with E-state index in [1.807, 2.05) is 0 Å². The van der Waals surface area contributed by atoms with Crippen LogP contribution in [0.3, 0.4) is 0 Å². The number of rotatable bonds is 3. The Morgan fingerprint density at radius 1 is 1.07 bits per heavy atom. The van der Waals surface area contributed by atoms with Crippen LogP contribution < -0.4 is 0 Å². The third-order valence-corrected chi connectivity index (χ3v) is 7.46. The topological polar surface area (TPSA) is 57.7 Å². The zero-order chi connectivity index (χ0) is 20.5. The zero-order valence-electron chi connectivity index (χ0n) is 15.8. The van der Waals surface area contributed by atoms with E-state index in [0.29, 0.717) is 18.7 Å². The number of aryl methyl sites for hydroxylation is 1. The average Bonchev–Trinajstić information content (AvgIpc) is 2.68. The van der Waals surface area contributed by atoms with Crippen LogP contribution in [0.1, 0.15) is 48.0 Å². The Morgan fingerprint density at radius 3 is 2.39 bits per heavy atom. The summed E-state index contributed by atoms with van der Waals surface area (Å²) in [5.41, 5.74) is 0.706. The summed E-state index contributed by atoms with van der Waals surface area (Å²) in [6, 6.07) is 4.33. The van der Waals surface area contributed by atoms with Gasteiger partial charge in [-0.3, -0.25) is 4.79 Å². The number of hydrogen-bond acceptors (Lipinski definition) is 3. The summed E-state index contributed by atoms with van der Waals surface area (Å²) in [6.07, 6.45) is -1.48. The van der Waals surface area contributed by atoms with E-state index in [4.69, 9.17) is 0 Å². The van der Waals surface area contributed by atoms with E-state index < -0.39 is 28.0 Å². The SMILES string of the molecule is Cc1ccc(S(=O)(=O)N2CCCCC2)cc1C(=O)N1CCCC(C(F)(F)F)C1. The summed E-state index contributed by atoms with van der Waals surface area (Å²) < 4.78 is 66.4. The number of likely N-dealkylation sites (tertiary alicyclic amines) is 1. The Hall–Kier alpha value is -1.61. The van der Waals surface area contributed by atoms with Crippen molar-refractivity contribution in [2.75, 3.05) is 26.2 Å². The number of nitrogens with zero attached hydrogens (tertiary/aromatic N) is 2. The maximum atomic E-state index is 13.1. The second-order valence-electron chi connectivity index (χ2n) is 7.57. The molecular formula is C19H25F3N2O3S. The minimum Gasteiger partial charge on any atom is -0.338 e. The lowest BCUT2D eigenvalue weighted by Crippen LogP contribution is -2.44. The van der Waals surface area contributed by atoms with Crippen LogP contribution in [0.5, 0.6) is 0 Å². The van der Waals surface area contributed by atoms with Gasteiger partial charge in [0.1, 0.15) is 0 Å². The molecule has 2 heterocycles. The van der Waals surface area contributed by atoms with Crippen molar-refractivity contribution in [3.8, 4) is 0 Å². The van der Waals surface area contributed by atoms with Crippen LogP contribution in [0.2, 0.25) is 0 Å². The van der Waals surface area contributed by atoms with Gasteiger partial charge in [-0.15, -0.1) is 0 Å². The highest BCUT2D eigenvalue weighted by molar-refractivity contribution is 7.89. The molecule has 1 aromatic carbocycles. The number of carbonyl (C=O) groups excluding carboxylic acids is 1. The van der Waals surface area contributed by atoms with E-state index >= 15 is 0 Å². The molecule has 5 nitrogen and oxygen atoms in total. The third-order valence-electron chi connectivity index (χ3n) is 5.56. The van der Waals surface area contributed by atoms with Crippen molar-refractivity contribution in [2.24, 2.45) is 5.92 Å². The number of amides is 1. The largest absolute Gasteiger partial charge is 0.393 e. The molecule has 28 heavy (non-hydrogen) atoms.